The van der Waals surface area contributed by atoms with Crippen LogP contribution in [0, 0.1) is 6.92 Å². The minimum absolute atomic E-state index is 0.0803. The Kier molecular flexibility index (Phi) is 9.14. The third kappa shape index (κ3) is 7.22. The summed E-state index contributed by atoms with van der Waals surface area (Å²) < 4.78 is 18.6. The van der Waals surface area contributed by atoms with Crippen molar-refractivity contribution in [2.45, 2.75) is 77.4 Å². The number of piperazine rings is 1. The van der Waals surface area contributed by atoms with E-state index in [2.05, 4.69) is 34.4 Å². The Labute approximate surface area is 257 Å². The van der Waals surface area contributed by atoms with E-state index in [4.69, 9.17) is 13.9 Å². The van der Waals surface area contributed by atoms with E-state index in [0.717, 1.165) is 43.7 Å². The number of fused-ring (bicyclic) bond motifs is 2. The summed E-state index contributed by atoms with van der Waals surface area (Å²) in [4.78, 5) is 32.6. The lowest BCUT2D eigenvalue weighted by Gasteiger charge is -2.35. The number of aryl methyl sites for hydroxylation is 2. The molecule has 2 fully saturated rings. The monoisotopic (exact) mass is 598 g/mol. The van der Waals surface area contributed by atoms with Gasteiger partial charge in [0, 0.05) is 55.9 Å². The first-order chi connectivity index (χ1) is 21.3. The SMILES string of the molecule is Cc1cc(OCCN2C[C@@H](C)N[C@@H](C)C2)c2oc3cc(Oc4ccc(CCC(=O)NC5CCCC5)nc4)ccc3c(=O)c2c1. The van der Waals surface area contributed by atoms with Gasteiger partial charge in [-0.2, -0.15) is 0 Å². The van der Waals surface area contributed by atoms with Gasteiger partial charge in [0.05, 0.1) is 17.0 Å². The van der Waals surface area contributed by atoms with Crippen LogP contribution in [0.5, 0.6) is 17.2 Å². The summed E-state index contributed by atoms with van der Waals surface area (Å²) in [6, 6.07) is 13.9. The van der Waals surface area contributed by atoms with Crippen LogP contribution in [0.15, 0.2) is 57.9 Å². The number of hydrogen-bond donors (Lipinski definition) is 2. The molecule has 44 heavy (non-hydrogen) atoms. The van der Waals surface area contributed by atoms with Crippen LogP contribution in [0.25, 0.3) is 21.9 Å². The smallest absolute Gasteiger partial charge is 0.220 e. The molecule has 1 saturated heterocycles. The number of hydrogen-bond acceptors (Lipinski definition) is 8. The molecule has 9 nitrogen and oxygen atoms in total. The lowest BCUT2D eigenvalue weighted by molar-refractivity contribution is -0.121. The molecule has 0 unspecified atom stereocenters. The number of ether oxygens (including phenoxy) is 2. The Hall–Kier alpha value is -3.95. The first-order valence-electron chi connectivity index (χ1n) is 15.9. The quantitative estimate of drug-likeness (QED) is 0.231. The van der Waals surface area contributed by atoms with Crippen LogP contribution in [0.2, 0.25) is 0 Å². The second-order valence-corrected chi connectivity index (χ2v) is 12.4. The number of carbonyl (C=O) groups excluding carboxylic acids is 1. The lowest BCUT2D eigenvalue weighted by Crippen LogP contribution is -2.54. The van der Waals surface area contributed by atoms with E-state index in [1.54, 1.807) is 24.4 Å². The van der Waals surface area contributed by atoms with Crippen LogP contribution in [0.1, 0.15) is 57.2 Å². The van der Waals surface area contributed by atoms with Gasteiger partial charge in [-0.3, -0.25) is 19.5 Å². The molecule has 1 aliphatic carbocycles. The maximum absolute atomic E-state index is 13.5. The van der Waals surface area contributed by atoms with Gasteiger partial charge in [0.15, 0.2) is 11.3 Å². The fraction of sp³-hybridized carbons (Fsp3) is 0.457. The Bertz CT molecular complexity index is 1670. The van der Waals surface area contributed by atoms with E-state index in [1.807, 2.05) is 31.2 Å². The topological polar surface area (TPSA) is 106 Å². The standard InChI is InChI=1S/C35H42N4O5/c1-22-16-30-34(41)29-12-11-27(43-28-10-8-25(36-19-28)9-13-33(40)38-26-6-4-5-7-26)18-31(29)44-35(30)32(17-22)42-15-14-39-20-23(2)37-24(3)21-39/h8,10-12,16-19,23-24,26,37H,4-7,9,13-15,20-21H2,1-3H3,(H,38,40)/t23-,24+. The van der Waals surface area contributed by atoms with Crippen LogP contribution < -0.4 is 25.5 Å². The summed E-state index contributed by atoms with van der Waals surface area (Å²) in [5.74, 6) is 1.74. The van der Waals surface area contributed by atoms with Crippen molar-refractivity contribution in [1.29, 1.82) is 0 Å². The highest BCUT2D eigenvalue weighted by atomic mass is 16.5. The van der Waals surface area contributed by atoms with Crippen molar-refractivity contribution < 1.29 is 18.7 Å². The maximum atomic E-state index is 13.5. The van der Waals surface area contributed by atoms with Gasteiger partial charge >= 0.3 is 0 Å². The molecule has 1 amide bonds. The molecule has 1 aliphatic heterocycles. The Balaban J connectivity index is 1.14. The third-order valence-electron chi connectivity index (χ3n) is 8.51. The summed E-state index contributed by atoms with van der Waals surface area (Å²) in [5.41, 5.74) is 2.54. The molecule has 2 atom stereocenters. The van der Waals surface area contributed by atoms with Gasteiger partial charge in [-0.1, -0.05) is 12.8 Å². The lowest BCUT2D eigenvalue weighted by atomic mass is 10.1. The number of pyridine rings is 1. The number of benzene rings is 2. The molecule has 4 aromatic rings. The second kappa shape index (κ2) is 13.4. The molecule has 0 radical (unpaired) electrons. The van der Waals surface area contributed by atoms with Gasteiger partial charge in [0.25, 0.3) is 0 Å². The van der Waals surface area contributed by atoms with Crippen molar-refractivity contribution in [3.05, 3.63) is 70.1 Å². The zero-order chi connectivity index (χ0) is 30.6. The molecule has 2 aromatic heterocycles. The highest BCUT2D eigenvalue weighted by molar-refractivity contribution is 5.93. The molecule has 6 rings (SSSR count). The molecular formula is C35H42N4O5. The minimum Gasteiger partial charge on any atom is -0.488 e. The summed E-state index contributed by atoms with van der Waals surface area (Å²) in [6.45, 7) is 9.58. The Morgan fingerprint density at radius 3 is 2.57 bits per heavy atom. The van der Waals surface area contributed by atoms with E-state index in [1.165, 1.54) is 12.8 Å². The average Bonchev–Trinajstić information content (AvgIpc) is 3.50. The summed E-state index contributed by atoms with van der Waals surface area (Å²) in [6.07, 6.45) is 7.19. The Morgan fingerprint density at radius 1 is 1.05 bits per heavy atom. The molecule has 232 valence electrons. The van der Waals surface area contributed by atoms with E-state index in [0.29, 0.717) is 76.8 Å². The number of nitrogens with one attached hydrogen (secondary N) is 2. The van der Waals surface area contributed by atoms with Crippen LogP contribution >= 0.6 is 0 Å². The number of nitrogens with zero attached hydrogens (tertiary/aromatic N) is 2. The van der Waals surface area contributed by atoms with Crippen LogP contribution in [-0.4, -0.2) is 60.2 Å². The van der Waals surface area contributed by atoms with Crippen molar-refractivity contribution in [2.75, 3.05) is 26.2 Å². The van der Waals surface area contributed by atoms with Crippen LogP contribution in [0.3, 0.4) is 0 Å². The molecule has 9 heteroatoms. The molecule has 0 spiro atoms. The summed E-state index contributed by atoms with van der Waals surface area (Å²) in [7, 11) is 0. The predicted octanol–water partition coefficient (Wildman–Crippen LogP) is 5.49. The van der Waals surface area contributed by atoms with Crippen molar-refractivity contribution in [3.63, 3.8) is 0 Å². The molecule has 0 bridgehead atoms. The van der Waals surface area contributed by atoms with Crippen LogP contribution in [-0.2, 0) is 11.2 Å². The van der Waals surface area contributed by atoms with E-state index in [-0.39, 0.29) is 11.3 Å². The molecule has 3 heterocycles. The van der Waals surface area contributed by atoms with Gasteiger partial charge in [-0.25, -0.2) is 0 Å². The van der Waals surface area contributed by atoms with Crippen LogP contribution in [0.4, 0.5) is 0 Å². The van der Waals surface area contributed by atoms with Gasteiger partial charge < -0.3 is 24.5 Å². The zero-order valence-corrected chi connectivity index (χ0v) is 25.9. The number of amides is 1. The highest BCUT2D eigenvalue weighted by Gasteiger charge is 2.21. The van der Waals surface area contributed by atoms with Crippen molar-refractivity contribution in [2.24, 2.45) is 0 Å². The fourth-order valence-electron chi connectivity index (χ4n) is 6.49. The first-order valence-corrected chi connectivity index (χ1v) is 15.9. The van der Waals surface area contributed by atoms with E-state index >= 15 is 0 Å². The normalized spacial score (nSPS) is 19.4. The van der Waals surface area contributed by atoms with E-state index < -0.39 is 0 Å². The summed E-state index contributed by atoms with van der Waals surface area (Å²) in [5, 5.41) is 7.66. The highest BCUT2D eigenvalue weighted by Crippen LogP contribution is 2.31. The molecule has 2 aromatic carbocycles. The average molecular weight is 599 g/mol. The number of rotatable bonds is 10. The molecule has 2 N–H and O–H groups in total. The van der Waals surface area contributed by atoms with Gasteiger partial charge in [0.2, 0.25) is 11.3 Å². The van der Waals surface area contributed by atoms with Gasteiger partial charge in [-0.15, -0.1) is 0 Å². The molecular weight excluding hydrogens is 556 g/mol. The molecule has 2 aliphatic rings. The minimum atomic E-state index is -0.103. The van der Waals surface area contributed by atoms with Gasteiger partial charge in [-0.05, 0) is 82.0 Å². The zero-order valence-electron chi connectivity index (χ0n) is 25.9. The van der Waals surface area contributed by atoms with Gasteiger partial charge in [0.1, 0.15) is 23.7 Å². The Morgan fingerprint density at radius 2 is 1.82 bits per heavy atom. The predicted molar refractivity (Wildman–Crippen MR) is 172 cm³/mol. The second-order valence-electron chi connectivity index (χ2n) is 12.4. The number of aromatic nitrogens is 1. The molecule has 1 saturated carbocycles. The maximum Gasteiger partial charge on any atom is 0.220 e. The first kappa shape index (κ1) is 30.1. The largest absolute Gasteiger partial charge is 0.488 e. The fourth-order valence-corrected chi connectivity index (χ4v) is 6.49. The number of carbonyl (C=O) groups is 1. The van der Waals surface area contributed by atoms with Crippen molar-refractivity contribution >= 4 is 27.8 Å². The van der Waals surface area contributed by atoms with Crippen molar-refractivity contribution in [1.82, 2.24) is 20.5 Å². The van der Waals surface area contributed by atoms with Crippen molar-refractivity contribution in [3.8, 4) is 17.2 Å². The third-order valence-corrected chi connectivity index (χ3v) is 8.51. The van der Waals surface area contributed by atoms with E-state index in [9.17, 15) is 9.59 Å². The summed E-state index contributed by atoms with van der Waals surface area (Å²) >= 11 is 0.